The summed E-state index contributed by atoms with van der Waals surface area (Å²) in [4.78, 5) is 0. The topological polar surface area (TPSA) is 44.5 Å². The van der Waals surface area contributed by atoms with Gasteiger partial charge in [-0.05, 0) is 42.7 Å². The second-order valence-corrected chi connectivity index (χ2v) is 4.61. The summed E-state index contributed by atoms with van der Waals surface area (Å²) < 4.78 is 10.9. The Balaban J connectivity index is 2.07. The van der Waals surface area contributed by atoms with Gasteiger partial charge in [0.1, 0.15) is 18.1 Å². The minimum atomic E-state index is 0.521. The number of aryl methyl sites for hydroxylation is 2. The number of rotatable bonds is 4. The molecule has 0 aromatic heterocycles. The van der Waals surface area contributed by atoms with E-state index in [1.165, 1.54) is 0 Å². The molecule has 2 N–H and O–H groups in total. The molecular weight excluding hydrogens is 238 g/mol. The third-order valence-electron chi connectivity index (χ3n) is 3.12. The van der Waals surface area contributed by atoms with Gasteiger partial charge in [0.05, 0.1) is 7.11 Å². The molecule has 0 heterocycles. The van der Waals surface area contributed by atoms with Gasteiger partial charge in [-0.2, -0.15) is 0 Å². The van der Waals surface area contributed by atoms with Crippen LogP contribution in [0.4, 0.5) is 5.69 Å². The molecule has 0 spiro atoms. The third-order valence-corrected chi connectivity index (χ3v) is 3.12. The number of ether oxygens (including phenoxy) is 2. The van der Waals surface area contributed by atoms with Crippen LogP contribution in [0.25, 0.3) is 0 Å². The molecule has 3 nitrogen and oxygen atoms in total. The van der Waals surface area contributed by atoms with Crippen molar-refractivity contribution in [2.45, 2.75) is 20.5 Å². The highest BCUT2D eigenvalue weighted by molar-refractivity contribution is 5.54. The number of nitrogens with two attached hydrogens (primary N) is 1. The number of anilines is 1. The molecule has 0 saturated heterocycles. The predicted molar refractivity (Wildman–Crippen MR) is 77.7 cm³/mol. The lowest BCUT2D eigenvalue weighted by molar-refractivity contribution is 0.304. The van der Waals surface area contributed by atoms with E-state index in [0.29, 0.717) is 6.61 Å². The Labute approximate surface area is 114 Å². The first-order valence-electron chi connectivity index (χ1n) is 6.22. The van der Waals surface area contributed by atoms with Gasteiger partial charge in [0.25, 0.3) is 0 Å². The second-order valence-electron chi connectivity index (χ2n) is 4.61. The fourth-order valence-corrected chi connectivity index (χ4v) is 1.89. The van der Waals surface area contributed by atoms with Gasteiger partial charge in [-0.1, -0.05) is 18.2 Å². The summed E-state index contributed by atoms with van der Waals surface area (Å²) in [6.45, 7) is 4.54. The van der Waals surface area contributed by atoms with E-state index >= 15 is 0 Å². The van der Waals surface area contributed by atoms with Crippen molar-refractivity contribution in [3.05, 3.63) is 53.1 Å². The Hall–Kier alpha value is -2.16. The molecule has 2 aromatic carbocycles. The Kier molecular flexibility index (Phi) is 3.95. The number of hydrogen-bond donors (Lipinski definition) is 1. The molecule has 0 saturated carbocycles. The SMILES string of the molecule is COc1ccc(COc2cc(N)c(C)cc2C)cc1. The summed E-state index contributed by atoms with van der Waals surface area (Å²) in [5, 5.41) is 0. The van der Waals surface area contributed by atoms with Crippen LogP contribution in [0.15, 0.2) is 36.4 Å². The summed E-state index contributed by atoms with van der Waals surface area (Å²) in [6.07, 6.45) is 0. The minimum absolute atomic E-state index is 0.521. The van der Waals surface area contributed by atoms with Gasteiger partial charge in [0.2, 0.25) is 0 Å². The van der Waals surface area contributed by atoms with Crippen LogP contribution in [0.3, 0.4) is 0 Å². The smallest absolute Gasteiger partial charge is 0.124 e. The molecule has 2 aromatic rings. The van der Waals surface area contributed by atoms with E-state index < -0.39 is 0 Å². The van der Waals surface area contributed by atoms with Gasteiger partial charge in [-0.15, -0.1) is 0 Å². The molecule has 0 fully saturated rings. The van der Waals surface area contributed by atoms with Crippen LogP contribution in [0.2, 0.25) is 0 Å². The van der Waals surface area contributed by atoms with Crippen molar-refractivity contribution in [2.24, 2.45) is 0 Å². The first-order chi connectivity index (χ1) is 9.10. The lowest BCUT2D eigenvalue weighted by Crippen LogP contribution is -1.99. The molecule has 0 aliphatic heterocycles. The maximum absolute atomic E-state index is 5.90. The van der Waals surface area contributed by atoms with E-state index in [-0.39, 0.29) is 0 Å². The van der Waals surface area contributed by atoms with Crippen molar-refractivity contribution < 1.29 is 9.47 Å². The number of methoxy groups -OCH3 is 1. The third kappa shape index (κ3) is 3.19. The fourth-order valence-electron chi connectivity index (χ4n) is 1.89. The molecule has 19 heavy (non-hydrogen) atoms. The highest BCUT2D eigenvalue weighted by Crippen LogP contribution is 2.25. The molecule has 0 bridgehead atoms. The predicted octanol–water partition coefficient (Wildman–Crippen LogP) is 3.47. The molecule has 0 atom stereocenters. The number of nitrogen functional groups attached to an aromatic ring is 1. The summed E-state index contributed by atoms with van der Waals surface area (Å²) in [6, 6.07) is 11.8. The zero-order valence-electron chi connectivity index (χ0n) is 11.6. The normalized spacial score (nSPS) is 10.3. The van der Waals surface area contributed by atoms with Crippen molar-refractivity contribution in [3.63, 3.8) is 0 Å². The van der Waals surface area contributed by atoms with Gasteiger partial charge in [-0.25, -0.2) is 0 Å². The average Bonchev–Trinajstić information content (AvgIpc) is 2.42. The molecule has 0 amide bonds. The van der Waals surface area contributed by atoms with E-state index in [9.17, 15) is 0 Å². The maximum Gasteiger partial charge on any atom is 0.124 e. The first kappa shape index (κ1) is 13.3. The van der Waals surface area contributed by atoms with Crippen LogP contribution < -0.4 is 15.2 Å². The van der Waals surface area contributed by atoms with Crippen molar-refractivity contribution in [1.29, 1.82) is 0 Å². The first-order valence-corrected chi connectivity index (χ1v) is 6.22. The van der Waals surface area contributed by atoms with E-state index in [0.717, 1.165) is 33.9 Å². The maximum atomic E-state index is 5.90. The summed E-state index contributed by atoms with van der Waals surface area (Å²) >= 11 is 0. The van der Waals surface area contributed by atoms with Crippen LogP contribution >= 0.6 is 0 Å². The van der Waals surface area contributed by atoms with Gasteiger partial charge >= 0.3 is 0 Å². The Morgan fingerprint density at radius 1 is 1.00 bits per heavy atom. The van der Waals surface area contributed by atoms with Crippen LogP contribution in [-0.2, 0) is 6.61 Å². The van der Waals surface area contributed by atoms with Crippen molar-refractivity contribution in [1.82, 2.24) is 0 Å². The second kappa shape index (κ2) is 5.65. The van der Waals surface area contributed by atoms with Crippen LogP contribution in [0.5, 0.6) is 11.5 Å². The van der Waals surface area contributed by atoms with Crippen molar-refractivity contribution in [2.75, 3.05) is 12.8 Å². The standard InChI is InChI=1S/C16H19NO2/c1-11-8-12(2)16(9-15(11)17)19-10-13-4-6-14(18-3)7-5-13/h4-9H,10,17H2,1-3H3. The van der Waals surface area contributed by atoms with E-state index in [1.807, 2.05) is 50.2 Å². The van der Waals surface area contributed by atoms with Crippen molar-refractivity contribution in [3.8, 4) is 11.5 Å². The molecular formula is C16H19NO2. The zero-order chi connectivity index (χ0) is 13.8. The summed E-state index contributed by atoms with van der Waals surface area (Å²) in [5.74, 6) is 1.68. The molecule has 0 unspecified atom stereocenters. The van der Waals surface area contributed by atoms with E-state index in [2.05, 4.69) is 0 Å². The fraction of sp³-hybridized carbons (Fsp3) is 0.250. The molecule has 0 radical (unpaired) electrons. The van der Waals surface area contributed by atoms with Gasteiger partial charge in [-0.3, -0.25) is 0 Å². The minimum Gasteiger partial charge on any atom is -0.497 e. The Morgan fingerprint density at radius 2 is 1.68 bits per heavy atom. The lowest BCUT2D eigenvalue weighted by atomic mass is 10.1. The van der Waals surface area contributed by atoms with Crippen LogP contribution in [0, 0.1) is 13.8 Å². The average molecular weight is 257 g/mol. The molecule has 100 valence electrons. The van der Waals surface area contributed by atoms with Crippen molar-refractivity contribution >= 4 is 5.69 Å². The Morgan fingerprint density at radius 3 is 2.32 bits per heavy atom. The van der Waals surface area contributed by atoms with Crippen LogP contribution in [0.1, 0.15) is 16.7 Å². The highest BCUT2D eigenvalue weighted by atomic mass is 16.5. The van der Waals surface area contributed by atoms with Gasteiger partial charge < -0.3 is 15.2 Å². The molecule has 0 aliphatic carbocycles. The lowest BCUT2D eigenvalue weighted by Gasteiger charge is -2.12. The number of benzene rings is 2. The zero-order valence-corrected chi connectivity index (χ0v) is 11.6. The Bertz CT molecular complexity index is 562. The molecule has 3 heteroatoms. The van der Waals surface area contributed by atoms with Crippen LogP contribution in [-0.4, -0.2) is 7.11 Å². The number of hydrogen-bond acceptors (Lipinski definition) is 3. The largest absolute Gasteiger partial charge is 0.497 e. The molecule has 0 aliphatic rings. The molecule has 2 rings (SSSR count). The summed E-state index contributed by atoms with van der Waals surface area (Å²) in [5.41, 5.74) is 9.93. The monoisotopic (exact) mass is 257 g/mol. The van der Waals surface area contributed by atoms with E-state index in [4.69, 9.17) is 15.2 Å². The highest BCUT2D eigenvalue weighted by Gasteiger charge is 2.04. The quantitative estimate of drug-likeness (QED) is 0.853. The van der Waals surface area contributed by atoms with Gasteiger partial charge in [0, 0.05) is 11.8 Å². The van der Waals surface area contributed by atoms with Gasteiger partial charge in [0.15, 0.2) is 0 Å². The summed E-state index contributed by atoms with van der Waals surface area (Å²) in [7, 11) is 1.66. The van der Waals surface area contributed by atoms with E-state index in [1.54, 1.807) is 7.11 Å².